The van der Waals surface area contributed by atoms with Gasteiger partial charge in [-0.3, -0.25) is 0 Å². The fraction of sp³-hybridized carbons (Fsp3) is 0.429. The van der Waals surface area contributed by atoms with Crippen LogP contribution in [0.4, 0.5) is 5.82 Å². The number of thioether (sulfide) groups is 1. The van der Waals surface area contributed by atoms with E-state index in [9.17, 15) is 0 Å². The molecule has 5 heteroatoms. The Hall–Kier alpha value is -0.810. The van der Waals surface area contributed by atoms with Crippen molar-refractivity contribution in [2.24, 2.45) is 0 Å². The van der Waals surface area contributed by atoms with Gasteiger partial charge in [0.2, 0.25) is 0 Å². The van der Waals surface area contributed by atoms with Crippen LogP contribution in [0, 0.1) is 0 Å². The summed E-state index contributed by atoms with van der Waals surface area (Å²) in [5, 5.41) is 9.27. The van der Waals surface area contributed by atoms with E-state index in [1.807, 2.05) is 0 Å². The van der Waals surface area contributed by atoms with Crippen LogP contribution in [-0.4, -0.2) is 27.4 Å². The summed E-state index contributed by atoms with van der Waals surface area (Å²) in [6.07, 6.45) is 3.92. The lowest BCUT2D eigenvalue weighted by atomic mass is 10.5. The minimum Gasteiger partial charge on any atom is -0.396 e. The van der Waals surface area contributed by atoms with Crippen LogP contribution in [-0.2, 0) is 0 Å². The number of hydrogen-bond donors (Lipinski definition) is 2. The van der Waals surface area contributed by atoms with Gasteiger partial charge in [0.25, 0.3) is 0 Å². The molecule has 0 saturated carbocycles. The van der Waals surface area contributed by atoms with Crippen molar-refractivity contribution in [2.45, 2.75) is 11.4 Å². The van der Waals surface area contributed by atoms with E-state index in [0.717, 1.165) is 17.2 Å². The number of anilines is 1. The Balaban J connectivity index is 2.46. The molecular formula is C7H11N3OS. The Kier molecular flexibility index (Phi) is 3.83. The van der Waals surface area contributed by atoms with Crippen molar-refractivity contribution < 1.29 is 5.11 Å². The maximum Gasteiger partial charge on any atom is 0.156 e. The first-order chi connectivity index (χ1) is 5.84. The van der Waals surface area contributed by atoms with Gasteiger partial charge in [0, 0.05) is 24.8 Å². The van der Waals surface area contributed by atoms with Crippen molar-refractivity contribution in [3.8, 4) is 0 Å². The van der Waals surface area contributed by atoms with Crippen molar-refractivity contribution in [1.29, 1.82) is 0 Å². The Morgan fingerprint density at radius 1 is 1.42 bits per heavy atom. The molecule has 1 aromatic heterocycles. The minimum atomic E-state index is 0.202. The number of aliphatic hydroxyl groups excluding tert-OH is 1. The molecule has 0 fully saturated rings. The molecule has 4 nitrogen and oxygen atoms in total. The van der Waals surface area contributed by atoms with Gasteiger partial charge in [0.1, 0.15) is 5.03 Å². The SMILES string of the molecule is Nc1nccnc1SCCCO. The van der Waals surface area contributed by atoms with E-state index in [4.69, 9.17) is 10.8 Å². The molecule has 1 aromatic rings. The third-order valence-corrected chi connectivity index (χ3v) is 2.31. The minimum absolute atomic E-state index is 0.202. The zero-order chi connectivity index (χ0) is 8.81. The summed E-state index contributed by atoms with van der Waals surface area (Å²) in [5.74, 6) is 1.28. The van der Waals surface area contributed by atoms with E-state index >= 15 is 0 Å². The maximum absolute atomic E-state index is 8.53. The van der Waals surface area contributed by atoms with Gasteiger partial charge in [0.05, 0.1) is 0 Å². The number of nitrogen functional groups attached to an aromatic ring is 1. The second-order valence-electron chi connectivity index (χ2n) is 2.17. The standard InChI is InChI=1S/C7H11N3OS/c8-6-7(10-3-2-9-6)12-5-1-4-11/h2-3,11H,1,4-5H2,(H2,8,9). The molecule has 0 bridgehead atoms. The smallest absolute Gasteiger partial charge is 0.156 e. The zero-order valence-corrected chi connectivity index (χ0v) is 7.42. The van der Waals surface area contributed by atoms with Crippen LogP contribution >= 0.6 is 11.8 Å². The number of nitrogens with zero attached hydrogens (tertiary/aromatic N) is 2. The molecule has 3 N–H and O–H groups in total. The molecule has 0 aliphatic rings. The van der Waals surface area contributed by atoms with E-state index in [2.05, 4.69) is 9.97 Å². The second kappa shape index (κ2) is 4.95. The molecule has 1 heterocycles. The van der Waals surface area contributed by atoms with Crippen molar-refractivity contribution in [1.82, 2.24) is 9.97 Å². The van der Waals surface area contributed by atoms with Gasteiger partial charge in [-0.25, -0.2) is 9.97 Å². The summed E-state index contributed by atoms with van der Waals surface area (Å²) < 4.78 is 0. The lowest BCUT2D eigenvalue weighted by Gasteiger charge is -2.00. The fourth-order valence-electron chi connectivity index (χ4n) is 0.681. The largest absolute Gasteiger partial charge is 0.396 e. The van der Waals surface area contributed by atoms with Gasteiger partial charge >= 0.3 is 0 Å². The first kappa shape index (κ1) is 9.28. The quantitative estimate of drug-likeness (QED) is 0.529. The average molecular weight is 185 g/mol. The van der Waals surface area contributed by atoms with Crippen LogP contribution in [0.25, 0.3) is 0 Å². The van der Waals surface area contributed by atoms with E-state index < -0.39 is 0 Å². The van der Waals surface area contributed by atoms with E-state index in [1.54, 1.807) is 12.4 Å². The summed E-state index contributed by atoms with van der Waals surface area (Å²) in [5.41, 5.74) is 5.55. The first-order valence-corrected chi connectivity index (χ1v) is 4.63. The molecule has 0 atom stereocenters. The fourth-order valence-corrected chi connectivity index (χ4v) is 1.48. The lowest BCUT2D eigenvalue weighted by Crippen LogP contribution is -1.95. The Bertz CT molecular complexity index is 244. The summed E-state index contributed by atoms with van der Waals surface area (Å²) >= 11 is 1.51. The van der Waals surface area contributed by atoms with Gasteiger partial charge in [-0.15, -0.1) is 11.8 Å². The number of aromatic nitrogens is 2. The van der Waals surface area contributed by atoms with Crippen molar-refractivity contribution in [2.75, 3.05) is 18.1 Å². The number of nitrogens with two attached hydrogens (primary N) is 1. The van der Waals surface area contributed by atoms with Crippen molar-refractivity contribution in [3.63, 3.8) is 0 Å². The second-order valence-corrected chi connectivity index (χ2v) is 3.26. The topological polar surface area (TPSA) is 72.0 Å². The molecule has 0 aromatic carbocycles. The predicted molar refractivity (Wildman–Crippen MR) is 48.9 cm³/mol. The first-order valence-electron chi connectivity index (χ1n) is 3.64. The lowest BCUT2D eigenvalue weighted by molar-refractivity contribution is 0.296. The highest BCUT2D eigenvalue weighted by molar-refractivity contribution is 7.99. The van der Waals surface area contributed by atoms with E-state index in [-0.39, 0.29) is 6.61 Å². The molecule has 0 saturated heterocycles. The number of hydrogen-bond acceptors (Lipinski definition) is 5. The molecule has 0 radical (unpaired) electrons. The van der Waals surface area contributed by atoms with E-state index in [0.29, 0.717) is 5.82 Å². The highest BCUT2D eigenvalue weighted by Gasteiger charge is 1.99. The van der Waals surface area contributed by atoms with Gasteiger partial charge < -0.3 is 10.8 Å². The highest BCUT2D eigenvalue weighted by Crippen LogP contribution is 2.19. The summed E-state index contributed by atoms with van der Waals surface area (Å²) in [6, 6.07) is 0. The monoisotopic (exact) mass is 185 g/mol. The maximum atomic E-state index is 8.53. The molecule has 1 rings (SSSR count). The van der Waals surface area contributed by atoms with Gasteiger partial charge in [-0.05, 0) is 6.42 Å². The summed E-state index contributed by atoms with van der Waals surface area (Å²) in [7, 11) is 0. The molecular weight excluding hydrogens is 174 g/mol. The summed E-state index contributed by atoms with van der Waals surface area (Å²) in [6.45, 7) is 0.202. The van der Waals surface area contributed by atoms with Crippen LogP contribution in [0.5, 0.6) is 0 Å². The van der Waals surface area contributed by atoms with Crippen LogP contribution in [0.15, 0.2) is 17.4 Å². The van der Waals surface area contributed by atoms with Gasteiger partial charge in [-0.2, -0.15) is 0 Å². The van der Waals surface area contributed by atoms with Crippen molar-refractivity contribution >= 4 is 17.6 Å². The molecule has 66 valence electrons. The molecule has 0 unspecified atom stereocenters. The Labute approximate surface area is 75.2 Å². The third-order valence-electron chi connectivity index (χ3n) is 1.23. The molecule has 0 aliphatic carbocycles. The molecule has 0 amide bonds. The van der Waals surface area contributed by atoms with Crippen LogP contribution < -0.4 is 5.73 Å². The highest BCUT2D eigenvalue weighted by atomic mass is 32.2. The van der Waals surface area contributed by atoms with Crippen LogP contribution in [0.1, 0.15) is 6.42 Å². The van der Waals surface area contributed by atoms with E-state index in [1.165, 1.54) is 11.8 Å². The zero-order valence-electron chi connectivity index (χ0n) is 6.60. The Morgan fingerprint density at radius 2 is 2.17 bits per heavy atom. The van der Waals surface area contributed by atoms with Crippen LogP contribution in [0.3, 0.4) is 0 Å². The van der Waals surface area contributed by atoms with Gasteiger partial charge in [-0.1, -0.05) is 0 Å². The average Bonchev–Trinajstić information content (AvgIpc) is 2.09. The Morgan fingerprint density at radius 3 is 2.83 bits per heavy atom. The van der Waals surface area contributed by atoms with Crippen LogP contribution in [0.2, 0.25) is 0 Å². The van der Waals surface area contributed by atoms with Gasteiger partial charge in [0.15, 0.2) is 5.82 Å². The predicted octanol–water partition coefficient (Wildman–Crippen LogP) is 0.533. The molecule has 0 aliphatic heterocycles. The normalized spacial score (nSPS) is 10.1. The third kappa shape index (κ3) is 2.67. The number of aliphatic hydroxyl groups is 1. The summed E-state index contributed by atoms with van der Waals surface area (Å²) in [4.78, 5) is 7.93. The molecule has 0 spiro atoms. The molecule has 12 heavy (non-hydrogen) atoms. The number of rotatable bonds is 4. The van der Waals surface area contributed by atoms with Crippen molar-refractivity contribution in [3.05, 3.63) is 12.4 Å².